The first-order chi connectivity index (χ1) is 14.0. The van der Waals surface area contributed by atoms with Crippen molar-refractivity contribution in [2.24, 2.45) is 5.73 Å². The lowest BCUT2D eigenvalue weighted by molar-refractivity contribution is 0.100. The number of rotatable bonds is 3. The van der Waals surface area contributed by atoms with Crippen LogP contribution in [0.1, 0.15) is 40.7 Å². The van der Waals surface area contributed by atoms with Crippen LogP contribution in [0.25, 0.3) is 33.6 Å². The molecule has 146 valence electrons. The number of hydrogen-bond donors (Lipinski definition) is 3. The van der Waals surface area contributed by atoms with E-state index in [1.165, 1.54) is 11.6 Å². The number of nitrogens with one attached hydrogen (secondary N) is 1. The summed E-state index contributed by atoms with van der Waals surface area (Å²) in [7, 11) is 0. The molecule has 0 radical (unpaired) electrons. The van der Waals surface area contributed by atoms with Gasteiger partial charge in [0.05, 0.1) is 28.5 Å². The zero-order chi connectivity index (χ0) is 20.3. The number of nitrogens with two attached hydrogens (primary N) is 2. The van der Waals surface area contributed by atoms with Crippen LogP contribution in [0.4, 0.5) is 10.2 Å². The van der Waals surface area contributed by atoms with E-state index in [0.29, 0.717) is 33.1 Å². The van der Waals surface area contributed by atoms with Crippen LogP contribution in [-0.2, 0) is 0 Å². The Hall–Kier alpha value is -3.68. The zero-order valence-corrected chi connectivity index (χ0v) is 15.8. The standard InChI is InChI=1S/C21H19FN6O/c1-10-15(22)6-16-13(9-26-27-16)18(10)28-19-12(5-11-3-2-4-11)7-25-8-14(19)17(20(28)23)21(24)29/h5-9H,2-4,23H2,1H3,(H2,24,29)(H,26,27). The molecule has 1 saturated carbocycles. The van der Waals surface area contributed by atoms with Crippen LogP contribution in [0, 0.1) is 12.7 Å². The lowest BCUT2D eigenvalue weighted by Gasteiger charge is -2.18. The molecular formula is C21H19FN6O. The van der Waals surface area contributed by atoms with E-state index >= 15 is 0 Å². The Morgan fingerprint density at radius 2 is 2.07 bits per heavy atom. The van der Waals surface area contributed by atoms with Crippen LogP contribution in [0.3, 0.4) is 0 Å². The summed E-state index contributed by atoms with van der Waals surface area (Å²) in [5.74, 6) is -0.893. The Labute approximate surface area is 165 Å². The average Bonchev–Trinajstić information content (AvgIpc) is 3.21. The molecule has 0 saturated heterocycles. The van der Waals surface area contributed by atoms with Gasteiger partial charge in [-0.3, -0.25) is 19.4 Å². The van der Waals surface area contributed by atoms with Gasteiger partial charge in [-0.05, 0) is 32.3 Å². The lowest BCUT2D eigenvalue weighted by atomic mass is 9.90. The number of amides is 1. The van der Waals surface area contributed by atoms with Crippen molar-refractivity contribution < 1.29 is 9.18 Å². The number of aromatic nitrogens is 4. The van der Waals surface area contributed by atoms with E-state index in [2.05, 4.69) is 21.3 Å². The molecule has 3 heterocycles. The number of carbonyl (C=O) groups is 1. The molecule has 0 atom stereocenters. The Morgan fingerprint density at radius 3 is 2.76 bits per heavy atom. The highest BCUT2D eigenvalue weighted by Crippen LogP contribution is 2.39. The van der Waals surface area contributed by atoms with Crippen LogP contribution >= 0.6 is 0 Å². The predicted molar refractivity (Wildman–Crippen MR) is 110 cm³/mol. The minimum Gasteiger partial charge on any atom is -0.384 e. The van der Waals surface area contributed by atoms with E-state index in [1.807, 2.05) is 0 Å². The van der Waals surface area contributed by atoms with Gasteiger partial charge in [-0.25, -0.2) is 4.39 Å². The third kappa shape index (κ3) is 2.45. The van der Waals surface area contributed by atoms with Crippen LogP contribution in [-0.4, -0.2) is 25.7 Å². The van der Waals surface area contributed by atoms with E-state index in [9.17, 15) is 9.18 Å². The average molecular weight is 390 g/mol. The van der Waals surface area contributed by atoms with Crippen molar-refractivity contribution in [3.63, 3.8) is 0 Å². The molecule has 1 aliphatic carbocycles. The van der Waals surface area contributed by atoms with Gasteiger partial charge >= 0.3 is 0 Å². The molecule has 1 aromatic carbocycles. The summed E-state index contributed by atoms with van der Waals surface area (Å²) in [6.07, 6.45) is 10.2. The molecule has 5 rings (SSSR count). The second-order valence-corrected chi connectivity index (χ2v) is 7.40. The molecule has 7 nitrogen and oxygen atoms in total. The minimum atomic E-state index is -0.654. The van der Waals surface area contributed by atoms with Gasteiger partial charge in [0, 0.05) is 34.3 Å². The molecule has 5 N–H and O–H groups in total. The number of fused-ring (bicyclic) bond motifs is 2. The molecule has 0 aliphatic heterocycles. The third-order valence-corrected chi connectivity index (χ3v) is 5.67. The maximum atomic E-state index is 14.7. The number of benzene rings is 1. The Kier molecular flexibility index (Phi) is 3.70. The number of H-pyrrole nitrogens is 1. The van der Waals surface area contributed by atoms with Gasteiger partial charge in [-0.1, -0.05) is 11.6 Å². The molecule has 1 aliphatic rings. The number of carbonyl (C=O) groups excluding carboxylic acids is 1. The second-order valence-electron chi connectivity index (χ2n) is 7.40. The first kappa shape index (κ1) is 17.4. The first-order valence-electron chi connectivity index (χ1n) is 9.37. The largest absolute Gasteiger partial charge is 0.384 e. The number of aromatic amines is 1. The number of halogens is 1. The van der Waals surface area contributed by atoms with E-state index in [-0.39, 0.29) is 11.4 Å². The Morgan fingerprint density at radius 1 is 1.28 bits per heavy atom. The van der Waals surface area contributed by atoms with Crippen LogP contribution < -0.4 is 11.5 Å². The van der Waals surface area contributed by atoms with Crippen molar-refractivity contribution in [1.82, 2.24) is 19.7 Å². The molecular weight excluding hydrogens is 371 g/mol. The summed E-state index contributed by atoms with van der Waals surface area (Å²) in [5.41, 5.74) is 16.5. The maximum absolute atomic E-state index is 14.7. The van der Waals surface area contributed by atoms with Gasteiger partial charge in [0.2, 0.25) is 0 Å². The van der Waals surface area contributed by atoms with Crippen LogP contribution in [0.2, 0.25) is 0 Å². The fraction of sp³-hybridized carbons (Fsp3) is 0.190. The van der Waals surface area contributed by atoms with Crippen molar-refractivity contribution in [3.8, 4) is 5.69 Å². The number of nitrogen functional groups attached to an aromatic ring is 1. The molecule has 1 fully saturated rings. The molecule has 8 heteroatoms. The topological polar surface area (TPSA) is 116 Å². The predicted octanol–water partition coefficient (Wildman–Crippen LogP) is 3.60. The molecule has 4 aromatic rings. The van der Waals surface area contributed by atoms with Crippen molar-refractivity contribution in [2.75, 3.05) is 5.73 Å². The van der Waals surface area contributed by atoms with E-state index in [0.717, 1.165) is 24.8 Å². The van der Waals surface area contributed by atoms with Crippen molar-refractivity contribution in [2.45, 2.75) is 26.2 Å². The SMILES string of the molecule is Cc1c(F)cc2[nH]ncc2c1-n1c(N)c(C(N)=O)c2cncc(C=C3CCC3)c21. The van der Waals surface area contributed by atoms with Gasteiger partial charge in [0.1, 0.15) is 11.6 Å². The fourth-order valence-electron chi connectivity index (χ4n) is 4.05. The van der Waals surface area contributed by atoms with Gasteiger partial charge in [-0.2, -0.15) is 5.10 Å². The third-order valence-electron chi connectivity index (χ3n) is 5.67. The first-order valence-corrected chi connectivity index (χ1v) is 9.37. The molecule has 0 bridgehead atoms. The summed E-state index contributed by atoms with van der Waals surface area (Å²) >= 11 is 0. The van der Waals surface area contributed by atoms with Crippen molar-refractivity contribution in [1.29, 1.82) is 0 Å². The van der Waals surface area contributed by atoms with Gasteiger partial charge in [0.25, 0.3) is 5.91 Å². The van der Waals surface area contributed by atoms with Crippen molar-refractivity contribution >= 4 is 39.6 Å². The van der Waals surface area contributed by atoms with Crippen LogP contribution in [0.15, 0.2) is 30.2 Å². The normalized spacial score (nSPS) is 13.8. The summed E-state index contributed by atoms with van der Waals surface area (Å²) in [6.45, 7) is 1.68. The summed E-state index contributed by atoms with van der Waals surface area (Å²) in [6, 6.07) is 1.40. The second kappa shape index (κ2) is 6.16. The number of primary amides is 1. The van der Waals surface area contributed by atoms with Gasteiger partial charge in [-0.15, -0.1) is 0 Å². The number of hydrogen-bond acceptors (Lipinski definition) is 4. The summed E-state index contributed by atoms with van der Waals surface area (Å²) in [5, 5.41) is 8.09. The molecule has 29 heavy (non-hydrogen) atoms. The monoisotopic (exact) mass is 390 g/mol. The molecule has 3 aromatic heterocycles. The highest BCUT2D eigenvalue weighted by molar-refractivity contribution is 6.13. The van der Waals surface area contributed by atoms with Crippen LogP contribution in [0.5, 0.6) is 0 Å². The van der Waals surface area contributed by atoms with E-state index in [4.69, 9.17) is 11.5 Å². The summed E-state index contributed by atoms with van der Waals surface area (Å²) < 4.78 is 16.4. The Balaban J connectivity index is 1.97. The Bertz CT molecular complexity index is 1340. The fourth-order valence-corrected chi connectivity index (χ4v) is 4.05. The summed E-state index contributed by atoms with van der Waals surface area (Å²) in [4.78, 5) is 16.5. The number of nitrogens with zero attached hydrogens (tertiary/aromatic N) is 3. The highest BCUT2D eigenvalue weighted by Gasteiger charge is 2.25. The quantitative estimate of drug-likeness (QED) is 0.496. The number of pyridine rings is 1. The maximum Gasteiger partial charge on any atom is 0.253 e. The van der Waals surface area contributed by atoms with Gasteiger partial charge < -0.3 is 11.5 Å². The lowest BCUT2D eigenvalue weighted by Crippen LogP contribution is -2.14. The zero-order valence-electron chi connectivity index (χ0n) is 15.8. The molecule has 0 spiro atoms. The molecule has 0 unspecified atom stereocenters. The highest BCUT2D eigenvalue weighted by atomic mass is 19.1. The van der Waals surface area contributed by atoms with Gasteiger partial charge in [0.15, 0.2) is 0 Å². The molecule has 1 amide bonds. The minimum absolute atomic E-state index is 0.157. The van der Waals surface area contributed by atoms with Crippen molar-refractivity contribution in [3.05, 3.63) is 52.7 Å². The van der Waals surface area contributed by atoms with E-state index in [1.54, 1.807) is 30.1 Å². The number of allylic oxidation sites excluding steroid dienone is 1. The van der Waals surface area contributed by atoms with E-state index < -0.39 is 11.7 Å². The number of anilines is 1. The smallest absolute Gasteiger partial charge is 0.253 e.